The van der Waals surface area contributed by atoms with Gasteiger partial charge in [0.15, 0.2) is 0 Å². The molecule has 6 nitrogen and oxygen atoms in total. The van der Waals surface area contributed by atoms with Crippen LogP contribution < -0.4 is 10.1 Å². The standard InChI is InChI=1S/C22H19F3N4O2/c1-31-21-15(7-8-19(29-21)22(23,24)25)18-10-20(27-12-26-18)28-17-4-2-3-14-6-5-13(11-30)9-16(14)17/h2-4,7-8,10-13H,5-6,9H2,1H3,(H,26,27,28). The van der Waals surface area contributed by atoms with Crippen LogP contribution in [0.5, 0.6) is 5.88 Å². The summed E-state index contributed by atoms with van der Waals surface area (Å²) in [5, 5.41) is 3.25. The summed E-state index contributed by atoms with van der Waals surface area (Å²) in [4.78, 5) is 23.2. The highest BCUT2D eigenvalue weighted by Crippen LogP contribution is 2.35. The minimum Gasteiger partial charge on any atom is -0.480 e. The first kappa shape index (κ1) is 20.8. The molecule has 0 fully saturated rings. The Hall–Kier alpha value is -3.49. The van der Waals surface area contributed by atoms with Crippen molar-refractivity contribution in [2.24, 2.45) is 5.92 Å². The lowest BCUT2D eigenvalue weighted by atomic mass is 9.84. The molecule has 160 valence electrons. The molecule has 1 atom stereocenters. The van der Waals surface area contributed by atoms with E-state index in [4.69, 9.17) is 4.74 Å². The van der Waals surface area contributed by atoms with Gasteiger partial charge in [0.1, 0.15) is 24.1 Å². The normalized spacial score (nSPS) is 15.8. The van der Waals surface area contributed by atoms with E-state index in [9.17, 15) is 18.0 Å². The zero-order valence-electron chi connectivity index (χ0n) is 16.6. The van der Waals surface area contributed by atoms with E-state index in [0.717, 1.165) is 36.4 Å². The number of carbonyl (C=O) groups is 1. The highest BCUT2D eigenvalue weighted by molar-refractivity contribution is 5.71. The van der Waals surface area contributed by atoms with E-state index in [1.165, 1.54) is 25.1 Å². The Morgan fingerprint density at radius 2 is 2.03 bits per heavy atom. The van der Waals surface area contributed by atoms with Crippen molar-refractivity contribution in [2.75, 3.05) is 12.4 Å². The Balaban J connectivity index is 1.66. The van der Waals surface area contributed by atoms with Crippen molar-refractivity contribution in [1.29, 1.82) is 0 Å². The fraction of sp³-hybridized carbons (Fsp3) is 0.273. The lowest BCUT2D eigenvalue weighted by molar-refractivity contribution is -0.141. The van der Waals surface area contributed by atoms with Crippen LogP contribution in [0.25, 0.3) is 11.3 Å². The van der Waals surface area contributed by atoms with Crippen molar-refractivity contribution in [3.05, 3.63) is 59.5 Å². The molecule has 1 unspecified atom stereocenters. The number of aryl methyl sites for hydroxylation is 1. The number of nitrogens with zero attached hydrogens (tertiary/aromatic N) is 3. The molecule has 1 aliphatic carbocycles. The van der Waals surface area contributed by atoms with E-state index in [1.54, 1.807) is 6.07 Å². The number of fused-ring (bicyclic) bond motifs is 1. The maximum atomic E-state index is 13.0. The highest BCUT2D eigenvalue weighted by atomic mass is 19.4. The van der Waals surface area contributed by atoms with Crippen LogP contribution in [-0.4, -0.2) is 28.3 Å². The number of methoxy groups -OCH3 is 1. The number of aldehydes is 1. The second kappa shape index (κ2) is 8.33. The molecule has 4 rings (SSSR count). The zero-order valence-corrected chi connectivity index (χ0v) is 16.6. The third-order valence-electron chi connectivity index (χ3n) is 5.27. The van der Waals surface area contributed by atoms with Crippen LogP contribution in [0.4, 0.5) is 24.7 Å². The van der Waals surface area contributed by atoms with Crippen molar-refractivity contribution < 1.29 is 22.7 Å². The zero-order chi connectivity index (χ0) is 22.0. The summed E-state index contributed by atoms with van der Waals surface area (Å²) in [6.07, 6.45) is 0.0490. The first-order valence-corrected chi connectivity index (χ1v) is 9.66. The number of hydrogen-bond donors (Lipinski definition) is 1. The van der Waals surface area contributed by atoms with Crippen LogP contribution in [0.15, 0.2) is 42.7 Å². The van der Waals surface area contributed by atoms with Crippen LogP contribution in [0.3, 0.4) is 0 Å². The van der Waals surface area contributed by atoms with E-state index < -0.39 is 11.9 Å². The van der Waals surface area contributed by atoms with Crippen LogP contribution in [0, 0.1) is 5.92 Å². The summed E-state index contributed by atoms with van der Waals surface area (Å²) in [7, 11) is 1.26. The maximum Gasteiger partial charge on any atom is 0.433 e. The molecule has 0 bridgehead atoms. The number of hydrogen-bond acceptors (Lipinski definition) is 6. The Labute approximate surface area is 176 Å². The number of benzene rings is 1. The van der Waals surface area contributed by atoms with Crippen LogP contribution in [0.2, 0.25) is 0 Å². The largest absolute Gasteiger partial charge is 0.480 e. The van der Waals surface area contributed by atoms with Gasteiger partial charge in [-0.05, 0) is 48.6 Å². The average molecular weight is 428 g/mol. The molecule has 1 N–H and O–H groups in total. The lowest BCUT2D eigenvalue weighted by Gasteiger charge is -2.23. The predicted octanol–water partition coefficient (Wildman–Crippen LogP) is 4.61. The van der Waals surface area contributed by atoms with Gasteiger partial charge in [-0.1, -0.05) is 12.1 Å². The molecule has 0 spiro atoms. The molecule has 2 heterocycles. The van der Waals surface area contributed by atoms with Gasteiger partial charge in [0.2, 0.25) is 5.88 Å². The van der Waals surface area contributed by atoms with Crippen LogP contribution in [0.1, 0.15) is 23.2 Å². The summed E-state index contributed by atoms with van der Waals surface area (Å²) in [6, 6.07) is 9.68. The monoisotopic (exact) mass is 428 g/mol. The predicted molar refractivity (Wildman–Crippen MR) is 108 cm³/mol. The molecule has 0 saturated heterocycles. The summed E-state index contributed by atoms with van der Waals surface area (Å²) < 4.78 is 43.9. The van der Waals surface area contributed by atoms with Gasteiger partial charge >= 0.3 is 6.18 Å². The number of nitrogens with one attached hydrogen (secondary N) is 1. The molecule has 0 aliphatic heterocycles. The number of rotatable bonds is 5. The van der Waals surface area contributed by atoms with Gasteiger partial charge in [-0.15, -0.1) is 0 Å². The minimum absolute atomic E-state index is 0.0149. The lowest BCUT2D eigenvalue weighted by Crippen LogP contribution is -2.16. The van der Waals surface area contributed by atoms with Crippen LogP contribution >= 0.6 is 0 Å². The Morgan fingerprint density at radius 3 is 2.77 bits per heavy atom. The fourth-order valence-electron chi connectivity index (χ4n) is 3.71. The number of halogens is 3. The molecular weight excluding hydrogens is 409 g/mol. The van der Waals surface area contributed by atoms with Gasteiger partial charge in [-0.25, -0.2) is 15.0 Å². The smallest absolute Gasteiger partial charge is 0.433 e. The molecule has 9 heteroatoms. The molecule has 0 amide bonds. The third kappa shape index (κ3) is 4.35. The second-order valence-electron chi connectivity index (χ2n) is 7.25. The average Bonchev–Trinajstić information content (AvgIpc) is 2.78. The summed E-state index contributed by atoms with van der Waals surface area (Å²) >= 11 is 0. The number of anilines is 2. The Bertz CT molecular complexity index is 1120. The topological polar surface area (TPSA) is 77.0 Å². The van der Waals surface area contributed by atoms with Crippen LogP contribution in [-0.2, 0) is 23.8 Å². The third-order valence-corrected chi connectivity index (χ3v) is 5.27. The molecule has 0 radical (unpaired) electrons. The van der Waals surface area contributed by atoms with E-state index >= 15 is 0 Å². The van der Waals surface area contributed by atoms with Crippen molar-refractivity contribution >= 4 is 17.8 Å². The summed E-state index contributed by atoms with van der Waals surface area (Å²) in [5.74, 6) is 0.276. The van der Waals surface area contributed by atoms with Crippen molar-refractivity contribution in [3.63, 3.8) is 0 Å². The second-order valence-corrected chi connectivity index (χ2v) is 7.25. The number of carbonyl (C=O) groups excluding carboxylic acids is 1. The van der Waals surface area contributed by atoms with Crippen molar-refractivity contribution in [3.8, 4) is 17.1 Å². The summed E-state index contributed by atoms with van der Waals surface area (Å²) in [5.41, 5.74) is 2.74. The van der Waals surface area contributed by atoms with Gasteiger partial charge < -0.3 is 14.8 Å². The van der Waals surface area contributed by atoms with Crippen molar-refractivity contribution in [2.45, 2.75) is 25.4 Å². The number of pyridine rings is 1. The van der Waals surface area contributed by atoms with E-state index in [-0.39, 0.29) is 11.8 Å². The van der Waals surface area contributed by atoms with Gasteiger partial charge in [0.05, 0.1) is 18.4 Å². The van der Waals surface area contributed by atoms with E-state index in [2.05, 4.69) is 20.3 Å². The molecule has 31 heavy (non-hydrogen) atoms. The van der Waals surface area contributed by atoms with Gasteiger partial charge in [-0.3, -0.25) is 0 Å². The molecule has 1 aliphatic rings. The molecule has 0 saturated carbocycles. The molecule has 1 aromatic carbocycles. The first-order chi connectivity index (χ1) is 14.9. The number of alkyl halides is 3. The SMILES string of the molecule is COc1nc(C(F)(F)F)ccc1-c1cc(Nc2cccc3c2CC(C=O)CC3)ncn1. The first-order valence-electron chi connectivity index (χ1n) is 9.66. The molecule has 2 aromatic heterocycles. The maximum absolute atomic E-state index is 13.0. The van der Waals surface area contributed by atoms with Gasteiger partial charge in [0.25, 0.3) is 0 Å². The van der Waals surface area contributed by atoms with E-state index in [0.29, 0.717) is 23.5 Å². The van der Waals surface area contributed by atoms with E-state index in [1.807, 2.05) is 18.2 Å². The minimum atomic E-state index is -4.57. The number of ether oxygens (including phenoxy) is 1. The Morgan fingerprint density at radius 1 is 1.19 bits per heavy atom. The van der Waals surface area contributed by atoms with Crippen molar-refractivity contribution in [1.82, 2.24) is 15.0 Å². The fourth-order valence-corrected chi connectivity index (χ4v) is 3.71. The molecular formula is C22H19F3N4O2. The number of aromatic nitrogens is 3. The quantitative estimate of drug-likeness (QED) is 0.598. The summed E-state index contributed by atoms with van der Waals surface area (Å²) in [6.45, 7) is 0. The van der Waals surface area contributed by atoms with Gasteiger partial charge in [-0.2, -0.15) is 13.2 Å². The highest BCUT2D eigenvalue weighted by Gasteiger charge is 2.33. The molecule has 3 aromatic rings. The van der Waals surface area contributed by atoms with Gasteiger partial charge in [0, 0.05) is 17.7 Å². The Kier molecular flexibility index (Phi) is 5.58.